The quantitative estimate of drug-likeness (QED) is 0.543. The summed E-state index contributed by atoms with van der Waals surface area (Å²) in [6.45, 7) is 4.24. The summed E-state index contributed by atoms with van der Waals surface area (Å²) in [5.41, 5.74) is 0. The molecule has 2 atom stereocenters. The molecule has 0 saturated carbocycles. The van der Waals surface area contributed by atoms with Crippen LogP contribution < -0.4 is 0 Å². The molecule has 0 spiro atoms. The van der Waals surface area contributed by atoms with Crippen molar-refractivity contribution in [1.29, 1.82) is 0 Å². The lowest BCUT2D eigenvalue weighted by Gasteiger charge is -2.26. The number of hydrogen-bond donors (Lipinski definition) is 3. The van der Waals surface area contributed by atoms with E-state index in [2.05, 4.69) is 0 Å². The van der Waals surface area contributed by atoms with E-state index in [-0.39, 0.29) is 31.7 Å². The minimum atomic E-state index is 0.0278. The Labute approximate surface area is 74.0 Å². The first-order chi connectivity index (χ1) is 5.67. The Balaban J connectivity index is 4.02. The van der Waals surface area contributed by atoms with Crippen molar-refractivity contribution in [1.82, 2.24) is 0 Å². The maximum Gasteiger partial charge on any atom is 0.0465 e. The molecule has 0 aromatic carbocycles. The third-order valence-electron chi connectivity index (χ3n) is 2.41. The lowest BCUT2D eigenvalue weighted by Crippen LogP contribution is -2.27. The first-order valence-corrected chi connectivity index (χ1v) is 4.49. The largest absolute Gasteiger partial charge is 0.396 e. The third-order valence-corrected chi connectivity index (χ3v) is 2.41. The summed E-state index contributed by atoms with van der Waals surface area (Å²) >= 11 is 0. The molecule has 2 unspecified atom stereocenters. The number of hydrogen-bond acceptors (Lipinski definition) is 3. The van der Waals surface area contributed by atoms with Gasteiger partial charge >= 0.3 is 0 Å². The van der Waals surface area contributed by atoms with Crippen LogP contribution in [0.15, 0.2) is 0 Å². The second-order valence-corrected chi connectivity index (χ2v) is 3.55. The molecule has 0 aliphatic heterocycles. The molecule has 0 heterocycles. The van der Waals surface area contributed by atoms with Crippen LogP contribution >= 0.6 is 0 Å². The average molecular weight is 176 g/mol. The molecule has 0 bridgehead atoms. The summed E-state index contributed by atoms with van der Waals surface area (Å²) in [5, 5.41) is 26.7. The van der Waals surface area contributed by atoms with E-state index < -0.39 is 0 Å². The van der Waals surface area contributed by atoms with Gasteiger partial charge in [-0.3, -0.25) is 0 Å². The molecule has 0 radical (unpaired) electrons. The van der Waals surface area contributed by atoms with Crippen molar-refractivity contribution in [3.63, 3.8) is 0 Å². The molecule has 0 fully saturated rings. The monoisotopic (exact) mass is 176 g/mol. The van der Waals surface area contributed by atoms with E-state index in [1.54, 1.807) is 0 Å². The van der Waals surface area contributed by atoms with Crippen molar-refractivity contribution in [3.05, 3.63) is 0 Å². The first kappa shape index (κ1) is 11.9. The summed E-state index contributed by atoms with van der Waals surface area (Å²) in [6.07, 6.45) is 0.569. The summed E-state index contributed by atoms with van der Waals surface area (Å²) in [5.74, 6) is 0.473. The molecule has 0 aliphatic carbocycles. The van der Waals surface area contributed by atoms with Gasteiger partial charge in [0.1, 0.15) is 0 Å². The zero-order valence-corrected chi connectivity index (χ0v) is 7.90. The van der Waals surface area contributed by atoms with Crippen LogP contribution in [0.4, 0.5) is 0 Å². The molecule has 0 amide bonds. The Bertz CT molecular complexity index is 104. The van der Waals surface area contributed by atoms with Gasteiger partial charge in [0.25, 0.3) is 0 Å². The molecule has 3 nitrogen and oxygen atoms in total. The van der Waals surface area contributed by atoms with Crippen molar-refractivity contribution in [2.45, 2.75) is 20.3 Å². The zero-order chi connectivity index (χ0) is 9.56. The van der Waals surface area contributed by atoms with Gasteiger partial charge in [0, 0.05) is 19.8 Å². The van der Waals surface area contributed by atoms with Gasteiger partial charge in [-0.15, -0.1) is 0 Å². The minimum Gasteiger partial charge on any atom is -0.396 e. The van der Waals surface area contributed by atoms with Gasteiger partial charge in [-0.25, -0.2) is 0 Å². The second-order valence-electron chi connectivity index (χ2n) is 3.55. The Morgan fingerprint density at radius 1 is 1.00 bits per heavy atom. The van der Waals surface area contributed by atoms with E-state index in [1.807, 2.05) is 13.8 Å². The fourth-order valence-corrected chi connectivity index (χ4v) is 1.51. The van der Waals surface area contributed by atoms with Crippen LogP contribution in [0.1, 0.15) is 20.3 Å². The van der Waals surface area contributed by atoms with Crippen molar-refractivity contribution in [2.24, 2.45) is 17.8 Å². The van der Waals surface area contributed by atoms with E-state index in [0.717, 1.165) is 0 Å². The second kappa shape index (κ2) is 6.40. The standard InChI is InChI=1S/C9H20O3/c1-7(2)9(6-12)8(5-11)3-4-10/h7-12H,3-6H2,1-2H3. The van der Waals surface area contributed by atoms with Crippen LogP contribution in [-0.4, -0.2) is 35.1 Å². The highest BCUT2D eigenvalue weighted by Gasteiger charge is 2.22. The molecule has 3 N–H and O–H groups in total. The van der Waals surface area contributed by atoms with Crippen LogP contribution in [0.25, 0.3) is 0 Å². The van der Waals surface area contributed by atoms with Crippen molar-refractivity contribution in [2.75, 3.05) is 19.8 Å². The van der Waals surface area contributed by atoms with Gasteiger partial charge in [-0.2, -0.15) is 0 Å². The maximum absolute atomic E-state index is 9.03. The van der Waals surface area contributed by atoms with Crippen molar-refractivity contribution >= 4 is 0 Å². The smallest absolute Gasteiger partial charge is 0.0465 e. The highest BCUT2D eigenvalue weighted by atomic mass is 16.3. The molecular formula is C9H20O3. The van der Waals surface area contributed by atoms with Gasteiger partial charge < -0.3 is 15.3 Å². The lowest BCUT2D eigenvalue weighted by molar-refractivity contribution is 0.0728. The minimum absolute atomic E-state index is 0.0278. The van der Waals surface area contributed by atoms with Crippen molar-refractivity contribution in [3.8, 4) is 0 Å². The third kappa shape index (κ3) is 3.52. The first-order valence-electron chi connectivity index (χ1n) is 4.49. The van der Waals surface area contributed by atoms with E-state index in [4.69, 9.17) is 15.3 Å². The molecule has 0 saturated heterocycles. The highest BCUT2D eigenvalue weighted by molar-refractivity contribution is 4.71. The van der Waals surface area contributed by atoms with Crippen LogP contribution in [-0.2, 0) is 0 Å². The summed E-state index contributed by atoms with van der Waals surface area (Å²) in [4.78, 5) is 0. The normalized spacial score (nSPS) is 16.5. The van der Waals surface area contributed by atoms with Crippen LogP contribution in [0.2, 0.25) is 0 Å². The highest BCUT2D eigenvalue weighted by Crippen LogP contribution is 2.22. The van der Waals surface area contributed by atoms with Gasteiger partial charge in [-0.1, -0.05) is 13.8 Å². The van der Waals surface area contributed by atoms with E-state index in [0.29, 0.717) is 12.3 Å². The van der Waals surface area contributed by atoms with Crippen LogP contribution in [0.5, 0.6) is 0 Å². The average Bonchev–Trinajstić information content (AvgIpc) is 2.03. The predicted molar refractivity (Wildman–Crippen MR) is 47.7 cm³/mol. The fraction of sp³-hybridized carbons (Fsp3) is 1.00. The molecule has 3 heteroatoms. The van der Waals surface area contributed by atoms with E-state index in [9.17, 15) is 0 Å². The summed E-state index contributed by atoms with van der Waals surface area (Å²) < 4.78 is 0. The Hall–Kier alpha value is -0.120. The molecule has 0 aromatic rings. The van der Waals surface area contributed by atoms with Gasteiger partial charge in [-0.05, 0) is 24.2 Å². The number of aliphatic hydroxyl groups excluding tert-OH is 3. The maximum atomic E-state index is 9.03. The van der Waals surface area contributed by atoms with Gasteiger partial charge in [0.05, 0.1) is 0 Å². The lowest BCUT2D eigenvalue weighted by atomic mass is 9.83. The van der Waals surface area contributed by atoms with Crippen LogP contribution in [0, 0.1) is 17.8 Å². The van der Waals surface area contributed by atoms with Gasteiger partial charge in [0.2, 0.25) is 0 Å². The van der Waals surface area contributed by atoms with Gasteiger partial charge in [0.15, 0.2) is 0 Å². The topological polar surface area (TPSA) is 60.7 Å². The van der Waals surface area contributed by atoms with Crippen molar-refractivity contribution < 1.29 is 15.3 Å². The molecule has 74 valence electrons. The van der Waals surface area contributed by atoms with Crippen LogP contribution in [0.3, 0.4) is 0 Å². The Morgan fingerprint density at radius 3 is 1.83 bits per heavy atom. The Morgan fingerprint density at radius 2 is 1.58 bits per heavy atom. The summed E-state index contributed by atoms with van der Waals surface area (Å²) in [6, 6.07) is 0. The van der Waals surface area contributed by atoms with E-state index in [1.165, 1.54) is 0 Å². The predicted octanol–water partition coefficient (Wildman–Crippen LogP) is 0.242. The zero-order valence-electron chi connectivity index (χ0n) is 7.90. The Kier molecular flexibility index (Phi) is 6.34. The SMILES string of the molecule is CC(C)C(CO)C(CO)CCO. The number of rotatable bonds is 6. The molecule has 0 aliphatic rings. The molecular weight excluding hydrogens is 156 g/mol. The molecule has 12 heavy (non-hydrogen) atoms. The molecule has 0 rings (SSSR count). The fourth-order valence-electron chi connectivity index (χ4n) is 1.51. The summed E-state index contributed by atoms with van der Waals surface area (Å²) in [7, 11) is 0. The molecule has 0 aromatic heterocycles. The number of aliphatic hydroxyl groups is 3. The van der Waals surface area contributed by atoms with E-state index >= 15 is 0 Å².